The van der Waals surface area contributed by atoms with Gasteiger partial charge < -0.3 is 25.2 Å². The number of amides is 3. The third-order valence-corrected chi connectivity index (χ3v) is 4.02. The smallest absolute Gasteiger partial charge is 0.411 e. The highest BCUT2D eigenvalue weighted by Gasteiger charge is 2.12. The largest absolute Gasteiger partial charge is 0.491 e. The third kappa shape index (κ3) is 7.34. The summed E-state index contributed by atoms with van der Waals surface area (Å²) in [5.41, 5.74) is 2.80. The summed E-state index contributed by atoms with van der Waals surface area (Å²) >= 11 is 0. The number of hydrogen-bond acceptors (Lipinski definition) is 5. The van der Waals surface area contributed by atoms with Crippen LogP contribution in [-0.4, -0.2) is 43.1 Å². The van der Waals surface area contributed by atoms with E-state index in [0.29, 0.717) is 22.7 Å². The van der Waals surface area contributed by atoms with Crippen molar-refractivity contribution in [2.24, 2.45) is 0 Å². The van der Waals surface area contributed by atoms with E-state index in [-0.39, 0.29) is 19.8 Å². The molecule has 0 spiro atoms. The van der Waals surface area contributed by atoms with Crippen molar-refractivity contribution in [3.05, 3.63) is 53.6 Å². The molecular weight excluding hydrogens is 374 g/mol. The number of aryl methyl sites for hydroxylation is 1. The van der Waals surface area contributed by atoms with E-state index in [1.54, 1.807) is 38.1 Å². The molecule has 3 amide bonds. The van der Waals surface area contributed by atoms with Gasteiger partial charge in [-0.05, 0) is 56.2 Å². The summed E-state index contributed by atoms with van der Waals surface area (Å²) in [6.07, 6.45) is -1.42. The van der Waals surface area contributed by atoms with Gasteiger partial charge in [0.1, 0.15) is 18.5 Å². The minimum atomic E-state index is -0.862. The average molecular weight is 401 g/mol. The fraction of sp³-hybridized carbons (Fsp3) is 0.333. The van der Waals surface area contributed by atoms with Crippen molar-refractivity contribution < 1.29 is 24.2 Å². The monoisotopic (exact) mass is 401 g/mol. The summed E-state index contributed by atoms with van der Waals surface area (Å²) in [6, 6.07) is 12.1. The lowest BCUT2D eigenvalue weighted by Crippen LogP contribution is -2.37. The summed E-state index contributed by atoms with van der Waals surface area (Å²) < 4.78 is 10.4. The Balaban J connectivity index is 1.82. The number of rotatable bonds is 8. The summed E-state index contributed by atoms with van der Waals surface area (Å²) in [5.74, 6) is 0.662. The first-order valence-electron chi connectivity index (χ1n) is 9.34. The first-order valence-corrected chi connectivity index (χ1v) is 9.34. The van der Waals surface area contributed by atoms with Gasteiger partial charge in [-0.25, -0.2) is 9.59 Å². The van der Waals surface area contributed by atoms with Crippen LogP contribution in [0.25, 0.3) is 0 Å². The number of benzene rings is 2. The molecule has 2 rings (SSSR count). The second-order valence-electron chi connectivity index (χ2n) is 6.44. The molecule has 0 fully saturated rings. The van der Waals surface area contributed by atoms with E-state index in [9.17, 15) is 14.7 Å². The van der Waals surface area contributed by atoms with Crippen molar-refractivity contribution in [3.8, 4) is 5.75 Å². The number of anilines is 2. The fourth-order valence-corrected chi connectivity index (χ4v) is 2.52. The average Bonchev–Trinajstić information content (AvgIpc) is 2.68. The van der Waals surface area contributed by atoms with E-state index in [2.05, 4.69) is 16.0 Å². The van der Waals surface area contributed by atoms with Crippen molar-refractivity contribution in [1.29, 1.82) is 0 Å². The zero-order valence-electron chi connectivity index (χ0n) is 16.8. The van der Waals surface area contributed by atoms with Gasteiger partial charge in [0.25, 0.3) is 0 Å². The van der Waals surface area contributed by atoms with E-state index in [4.69, 9.17) is 9.47 Å². The molecule has 29 heavy (non-hydrogen) atoms. The topological polar surface area (TPSA) is 109 Å². The molecule has 0 unspecified atom stereocenters. The lowest BCUT2D eigenvalue weighted by Gasteiger charge is -2.16. The number of carbonyl (C=O) groups is 2. The number of aliphatic hydroxyl groups is 1. The van der Waals surface area contributed by atoms with Gasteiger partial charge in [0, 0.05) is 17.9 Å². The quantitative estimate of drug-likeness (QED) is 0.542. The second kappa shape index (κ2) is 10.9. The Hall–Kier alpha value is -3.26. The number of nitrogens with one attached hydrogen (secondary N) is 3. The van der Waals surface area contributed by atoms with Gasteiger partial charge in [0.05, 0.1) is 6.61 Å². The van der Waals surface area contributed by atoms with Gasteiger partial charge in [-0.15, -0.1) is 0 Å². The molecule has 2 aromatic carbocycles. The highest BCUT2D eigenvalue weighted by Crippen LogP contribution is 2.23. The maximum atomic E-state index is 12.1. The van der Waals surface area contributed by atoms with E-state index in [0.717, 1.165) is 5.56 Å². The predicted molar refractivity (Wildman–Crippen MR) is 112 cm³/mol. The molecular formula is C21H27N3O5. The highest BCUT2D eigenvalue weighted by atomic mass is 16.5. The van der Waals surface area contributed by atoms with Crippen LogP contribution in [0.3, 0.4) is 0 Å². The van der Waals surface area contributed by atoms with Gasteiger partial charge >= 0.3 is 12.1 Å². The van der Waals surface area contributed by atoms with Crippen molar-refractivity contribution >= 4 is 23.5 Å². The van der Waals surface area contributed by atoms with Gasteiger partial charge in [0.2, 0.25) is 0 Å². The van der Waals surface area contributed by atoms with Gasteiger partial charge in [0.15, 0.2) is 0 Å². The molecule has 0 aliphatic carbocycles. The van der Waals surface area contributed by atoms with Crippen LogP contribution in [0.5, 0.6) is 5.75 Å². The maximum Gasteiger partial charge on any atom is 0.411 e. The molecule has 0 saturated heterocycles. The minimum Gasteiger partial charge on any atom is -0.491 e. The molecule has 0 heterocycles. The van der Waals surface area contributed by atoms with Crippen LogP contribution in [0, 0.1) is 13.8 Å². The number of carbonyl (C=O) groups excluding carboxylic acids is 2. The molecule has 0 radical (unpaired) electrons. The molecule has 0 aromatic heterocycles. The molecule has 8 nitrogen and oxygen atoms in total. The Bertz CT molecular complexity index is 841. The molecule has 4 N–H and O–H groups in total. The zero-order valence-corrected chi connectivity index (χ0v) is 16.8. The van der Waals surface area contributed by atoms with Crippen molar-refractivity contribution in [2.45, 2.75) is 26.9 Å². The number of hydrogen-bond donors (Lipinski definition) is 4. The van der Waals surface area contributed by atoms with Crippen LogP contribution in [0.2, 0.25) is 0 Å². The van der Waals surface area contributed by atoms with E-state index >= 15 is 0 Å². The van der Waals surface area contributed by atoms with E-state index < -0.39 is 18.2 Å². The van der Waals surface area contributed by atoms with Crippen molar-refractivity contribution in [1.82, 2.24) is 5.32 Å². The standard InChI is InChI=1S/C21H27N3O5/c1-4-28-21(27)24-19-10-6-9-18(15(19)3)23-20(26)22-12-16(25)13-29-17-8-5-7-14(2)11-17/h5-11,16,25H,4,12-13H2,1-3H3,(H,24,27)(H2,22,23,26)/t16-/m0/s1. The first kappa shape index (κ1) is 22.0. The van der Waals surface area contributed by atoms with Crippen LogP contribution in [0.4, 0.5) is 21.0 Å². The minimum absolute atomic E-state index is 0.0253. The zero-order chi connectivity index (χ0) is 21.2. The van der Waals surface area contributed by atoms with E-state index in [1.165, 1.54) is 0 Å². The lowest BCUT2D eigenvalue weighted by molar-refractivity contribution is 0.108. The Morgan fingerprint density at radius 1 is 1.07 bits per heavy atom. The Morgan fingerprint density at radius 2 is 1.76 bits per heavy atom. The van der Waals surface area contributed by atoms with Crippen LogP contribution < -0.4 is 20.7 Å². The van der Waals surface area contributed by atoms with Crippen LogP contribution >= 0.6 is 0 Å². The molecule has 156 valence electrons. The van der Waals surface area contributed by atoms with Crippen LogP contribution in [0.15, 0.2) is 42.5 Å². The summed E-state index contributed by atoms with van der Waals surface area (Å²) in [7, 11) is 0. The second-order valence-corrected chi connectivity index (χ2v) is 6.44. The molecule has 8 heteroatoms. The fourth-order valence-electron chi connectivity index (χ4n) is 2.52. The molecule has 0 bridgehead atoms. The number of ether oxygens (including phenoxy) is 2. The third-order valence-electron chi connectivity index (χ3n) is 4.02. The van der Waals surface area contributed by atoms with Gasteiger partial charge in [-0.2, -0.15) is 0 Å². The van der Waals surface area contributed by atoms with Crippen LogP contribution in [-0.2, 0) is 4.74 Å². The van der Waals surface area contributed by atoms with Crippen LogP contribution in [0.1, 0.15) is 18.1 Å². The number of aliphatic hydroxyl groups excluding tert-OH is 1. The predicted octanol–water partition coefficient (Wildman–Crippen LogP) is 3.43. The summed E-state index contributed by atoms with van der Waals surface area (Å²) in [4.78, 5) is 23.7. The lowest BCUT2D eigenvalue weighted by atomic mass is 10.1. The molecule has 0 aliphatic heterocycles. The Labute approximate surface area is 170 Å². The van der Waals surface area contributed by atoms with Crippen molar-refractivity contribution in [2.75, 3.05) is 30.4 Å². The summed E-state index contributed by atoms with van der Waals surface area (Å²) in [5, 5.41) is 17.9. The highest BCUT2D eigenvalue weighted by molar-refractivity contribution is 5.93. The van der Waals surface area contributed by atoms with Crippen molar-refractivity contribution in [3.63, 3.8) is 0 Å². The summed E-state index contributed by atoms with van der Waals surface area (Å²) in [6.45, 7) is 5.78. The molecule has 0 saturated carbocycles. The molecule has 0 aliphatic rings. The Morgan fingerprint density at radius 3 is 2.45 bits per heavy atom. The van der Waals surface area contributed by atoms with E-state index in [1.807, 2.05) is 25.1 Å². The maximum absolute atomic E-state index is 12.1. The normalized spacial score (nSPS) is 11.3. The van der Waals surface area contributed by atoms with Gasteiger partial charge in [-0.1, -0.05) is 18.2 Å². The number of urea groups is 1. The molecule has 1 atom stereocenters. The Kier molecular flexibility index (Phi) is 8.29. The molecule has 2 aromatic rings. The first-order chi connectivity index (χ1) is 13.9. The SMILES string of the molecule is CCOC(=O)Nc1cccc(NC(=O)NC[C@H](O)COc2cccc(C)c2)c1C. The van der Waals surface area contributed by atoms with Gasteiger partial charge in [-0.3, -0.25) is 5.32 Å².